The van der Waals surface area contributed by atoms with E-state index in [2.05, 4.69) is 10.3 Å². The van der Waals surface area contributed by atoms with Crippen LogP contribution in [0.5, 0.6) is 0 Å². The molecule has 1 aliphatic rings. The molecule has 2 heterocycles. The molecular weight excluding hydrogens is 230 g/mol. The van der Waals surface area contributed by atoms with Gasteiger partial charge in [0.15, 0.2) is 5.58 Å². The first-order valence-corrected chi connectivity index (χ1v) is 6.29. The number of hydrogen-bond donors (Lipinski definition) is 2. The summed E-state index contributed by atoms with van der Waals surface area (Å²) in [6, 6.07) is 6.06. The second-order valence-corrected chi connectivity index (χ2v) is 4.68. The van der Waals surface area contributed by atoms with Crippen LogP contribution in [-0.4, -0.2) is 24.7 Å². The molecule has 18 heavy (non-hydrogen) atoms. The Kier molecular flexibility index (Phi) is 3.06. The quantitative estimate of drug-likeness (QED) is 0.814. The molecule has 96 valence electrons. The molecule has 2 aromatic rings. The van der Waals surface area contributed by atoms with Crippen LogP contribution in [0.3, 0.4) is 0 Å². The summed E-state index contributed by atoms with van der Waals surface area (Å²) in [5, 5.41) is 3.25. The first-order valence-electron chi connectivity index (χ1n) is 6.29. The fraction of sp³-hybridized carbons (Fsp3) is 0.462. The summed E-state index contributed by atoms with van der Waals surface area (Å²) in [4.78, 5) is 4.37. The second kappa shape index (κ2) is 4.86. The SMILES string of the molecule is Nc1ccc2nc(NCC3CCOCC3)oc2c1. The van der Waals surface area contributed by atoms with E-state index in [1.165, 1.54) is 0 Å². The smallest absolute Gasteiger partial charge is 0.295 e. The van der Waals surface area contributed by atoms with E-state index in [0.717, 1.165) is 43.7 Å². The molecule has 3 N–H and O–H groups in total. The predicted molar refractivity (Wildman–Crippen MR) is 70.5 cm³/mol. The largest absolute Gasteiger partial charge is 0.423 e. The molecule has 1 fully saturated rings. The van der Waals surface area contributed by atoms with E-state index in [-0.39, 0.29) is 0 Å². The second-order valence-electron chi connectivity index (χ2n) is 4.68. The molecular formula is C13H17N3O2. The number of hydrogen-bond acceptors (Lipinski definition) is 5. The molecule has 0 radical (unpaired) electrons. The summed E-state index contributed by atoms with van der Waals surface area (Å²) in [5.41, 5.74) is 7.95. The summed E-state index contributed by atoms with van der Waals surface area (Å²) in [7, 11) is 0. The van der Waals surface area contributed by atoms with Crippen molar-refractivity contribution in [3.63, 3.8) is 0 Å². The lowest BCUT2D eigenvalue weighted by molar-refractivity contribution is 0.0698. The molecule has 3 rings (SSSR count). The van der Waals surface area contributed by atoms with Crippen molar-refractivity contribution in [2.45, 2.75) is 12.8 Å². The maximum Gasteiger partial charge on any atom is 0.295 e. The van der Waals surface area contributed by atoms with Crippen molar-refractivity contribution in [3.05, 3.63) is 18.2 Å². The lowest BCUT2D eigenvalue weighted by Gasteiger charge is -2.21. The summed E-state index contributed by atoms with van der Waals surface area (Å²) in [5.74, 6) is 0.638. The highest BCUT2D eigenvalue weighted by Crippen LogP contribution is 2.22. The normalized spacial score (nSPS) is 17.1. The van der Waals surface area contributed by atoms with Gasteiger partial charge in [0, 0.05) is 31.5 Å². The summed E-state index contributed by atoms with van der Waals surface area (Å²) >= 11 is 0. The molecule has 0 atom stereocenters. The number of anilines is 2. The summed E-state index contributed by atoms with van der Waals surface area (Å²) < 4.78 is 10.9. The molecule has 1 saturated heterocycles. The third-order valence-corrected chi connectivity index (χ3v) is 3.30. The minimum absolute atomic E-state index is 0.571. The first kappa shape index (κ1) is 11.3. The van der Waals surface area contributed by atoms with Crippen molar-refractivity contribution in [2.24, 2.45) is 5.92 Å². The van der Waals surface area contributed by atoms with Gasteiger partial charge in [0.25, 0.3) is 6.01 Å². The van der Waals surface area contributed by atoms with Gasteiger partial charge in [-0.2, -0.15) is 4.98 Å². The number of nitrogens with one attached hydrogen (secondary N) is 1. The lowest BCUT2D eigenvalue weighted by Crippen LogP contribution is -2.22. The molecule has 5 nitrogen and oxygen atoms in total. The Hall–Kier alpha value is -1.75. The van der Waals surface area contributed by atoms with Crippen molar-refractivity contribution in [1.82, 2.24) is 4.98 Å². The number of oxazole rings is 1. The highest BCUT2D eigenvalue weighted by atomic mass is 16.5. The Balaban J connectivity index is 1.67. The minimum Gasteiger partial charge on any atom is -0.423 e. The molecule has 1 aromatic carbocycles. The number of ether oxygens (including phenoxy) is 1. The van der Waals surface area contributed by atoms with E-state index < -0.39 is 0 Å². The first-order chi connectivity index (χ1) is 8.81. The lowest BCUT2D eigenvalue weighted by atomic mass is 10.0. The predicted octanol–water partition coefficient (Wildman–Crippen LogP) is 2.25. The van der Waals surface area contributed by atoms with Crippen LogP contribution in [0.4, 0.5) is 11.7 Å². The number of nitrogens with two attached hydrogens (primary N) is 1. The Morgan fingerprint density at radius 1 is 1.33 bits per heavy atom. The van der Waals surface area contributed by atoms with Crippen molar-refractivity contribution in [3.8, 4) is 0 Å². The fourth-order valence-corrected chi connectivity index (χ4v) is 2.20. The van der Waals surface area contributed by atoms with Crippen molar-refractivity contribution in [1.29, 1.82) is 0 Å². The molecule has 0 amide bonds. The van der Waals surface area contributed by atoms with Gasteiger partial charge in [0.2, 0.25) is 0 Å². The molecule has 0 bridgehead atoms. The van der Waals surface area contributed by atoms with Gasteiger partial charge in [0.05, 0.1) is 0 Å². The van der Waals surface area contributed by atoms with E-state index in [4.69, 9.17) is 14.9 Å². The van der Waals surface area contributed by atoms with E-state index in [0.29, 0.717) is 17.6 Å². The average molecular weight is 247 g/mol. The molecule has 0 unspecified atom stereocenters. The van der Waals surface area contributed by atoms with Crippen LogP contribution in [0.1, 0.15) is 12.8 Å². The van der Waals surface area contributed by atoms with Gasteiger partial charge in [0.1, 0.15) is 5.52 Å². The Labute approximate surface area is 105 Å². The monoisotopic (exact) mass is 247 g/mol. The molecule has 0 spiro atoms. The Bertz CT molecular complexity index is 532. The molecule has 0 aliphatic carbocycles. The van der Waals surface area contributed by atoms with E-state index in [9.17, 15) is 0 Å². The summed E-state index contributed by atoms with van der Waals surface area (Å²) in [6.45, 7) is 2.60. The van der Waals surface area contributed by atoms with Crippen molar-refractivity contribution in [2.75, 3.05) is 30.8 Å². The standard InChI is InChI=1S/C13H17N3O2/c14-10-1-2-11-12(7-10)18-13(16-11)15-8-9-3-5-17-6-4-9/h1-2,7,9H,3-6,8,14H2,(H,15,16). The van der Waals surface area contributed by atoms with Gasteiger partial charge in [-0.3, -0.25) is 0 Å². The van der Waals surface area contributed by atoms with Gasteiger partial charge in [-0.25, -0.2) is 0 Å². The maximum absolute atomic E-state index is 5.70. The van der Waals surface area contributed by atoms with Crippen LogP contribution in [-0.2, 0) is 4.74 Å². The Morgan fingerprint density at radius 3 is 3.00 bits per heavy atom. The molecule has 0 saturated carbocycles. The van der Waals surface area contributed by atoms with Crippen LogP contribution in [0.2, 0.25) is 0 Å². The minimum atomic E-state index is 0.571. The fourth-order valence-electron chi connectivity index (χ4n) is 2.20. The number of rotatable bonds is 3. The average Bonchev–Trinajstić information content (AvgIpc) is 2.79. The van der Waals surface area contributed by atoms with Crippen molar-refractivity contribution >= 4 is 22.8 Å². The van der Waals surface area contributed by atoms with Crippen LogP contribution in [0, 0.1) is 5.92 Å². The van der Waals surface area contributed by atoms with E-state index >= 15 is 0 Å². The maximum atomic E-state index is 5.70. The third-order valence-electron chi connectivity index (χ3n) is 3.30. The van der Waals surface area contributed by atoms with Gasteiger partial charge in [-0.15, -0.1) is 0 Å². The number of aromatic nitrogens is 1. The molecule has 1 aliphatic heterocycles. The molecule has 5 heteroatoms. The van der Waals surface area contributed by atoms with Crippen LogP contribution in [0.25, 0.3) is 11.1 Å². The van der Waals surface area contributed by atoms with Gasteiger partial charge in [-0.05, 0) is 30.9 Å². The zero-order valence-electron chi connectivity index (χ0n) is 10.2. The van der Waals surface area contributed by atoms with Crippen LogP contribution in [0.15, 0.2) is 22.6 Å². The zero-order valence-corrected chi connectivity index (χ0v) is 10.2. The van der Waals surface area contributed by atoms with Gasteiger partial charge >= 0.3 is 0 Å². The van der Waals surface area contributed by atoms with Gasteiger partial charge < -0.3 is 20.2 Å². The highest BCUT2D eigenvalue weighted by molar-refractivity contribution is 5.78. The number of benzene rings is 1. The van der Waals surface area contributed by atoms with E-state index in [1.54, 1.807) is 6.07 Å². The van der Waals surface area contributed by atoms with Gasteiger partial charge in [-0.1, -0.05) is 0 Å². The number of nitrogen functional groups attached to an aromatic ring is 1. The van der Waals surface area contributed by atoms with E-state index in [1.807, 2.05) is 12.1 Å². The zero-order chi connectivity index (χ0) is 12.4. The summed E-state index contributed by atoms with van der Waals surface area (Å²) in [6.07, 6.45) is 2.19. The number of fused-ring (bicyclic) bond motifs is 1. The van der Waals surface area contributed by atoms with Crippen LogP contribution >= 0.6 is 0 Å². The third kappa shape index (κ3) is 2.41. The van der Waals surface area contributed by atoms with Crippen molar-refractivity contribution < 1.29 is 9.15 Å². The Morgan fingerprint density at radius 2 is 2.17 bits per heavy atom. The topological polar surface area (TPSA) is 73.3 Å². The number of nitrogens with zero attached hydrogens (tertiary/aromatic N) is 1. The highest BCUT2D eigenvalue weighted by Gasteiger charge is 2.14. The van der Waals surface area contributed by atoms with Crippen LogP contribution < -0.4 is 11.1 Å². The molecule has 1 aromatic heterocycles.